The molecule has 0 radical (unpaired) electrons. The van der Waals surface area contributed by atoms with Crippen molar-refractivity contribution >= 4 is 29.5 Å². The highest BCUT2D eigenvalue weighted by atomic mass is 32.2. The largest absolute Gasteiger partial charge is 0.466 e. The molecular weight excluding hydrogens is 392 g/mol. The fraction of sp³-hybridized carbons (Fsp3) is 0.857. The van der Waals surface area contributed by atoms with Gasteiger partial charge in [-0.3, -0.25) is 14.4 Å². The van der Waals surface area contributed by atoms with E-state index in [0.717, 1.165) is 6.42 Å². The normalized spacial score (nSPS) is 36.9. The molecule has 3 aliphatic rings. The molecule has 3 fully saturated rings. The Labute approximate surface area is 177 Å². The molecule has 3 saturated heterocycles. The average molecular weight is 427 g/mol. The lowest BCUT2D eigenvalue weighted by molar-refractivity contribution is -0.154. The summed E-state index contributed by atoms with van der Waals surface area (Å²) in [6, 6.07) is -1.16. The smallest absolute Gasteiger partial charge is 0.310 e. The van der Waals surface area contributed by atoms with Gasteiger partial charge in [0.15, 0.2) is 0 Å². The molecule has 3 aliphatic heterocycles. The number of fused-ring (bicyclic) bond motifs is 1. The molecule has 0 aliphatic carbocycles. The number of amides is 2. The van der Waals surface area contributed by atoms with Gasteiger partial charge < -0.3 is 20.1 Å². The molecule has 0 aromatic heterocycles. The number of hydrogen-bond donors (Lipinski definition) is 2. The zero-order chi connectivity index (χ0) is 21.7. The van der Waals surface area contributed by atoms with Crippen LogP contribution in [0.15, 0.2) is 0 Å². The van der Waals surface area contributed by atoms with Gasteiger partial charge in [-0.1, -0.05) is 13.8 Å². The van der Waals surface area contributed by atoms with E-state index < -0.39 is 34.2 Å². The van der Waals surface area contributed by atoms with Crippen LogP contribution < -0.4 is 5.32 Å². The molecule has 2 amide bonds. The lowest BCUT2D eigenvalue weighted by atomic mass is 9.66. The van der Waals surface area contributed by atoms with Crippen molar-refractivity contribution < 1.29 is 24.2 Å². The molecule has 0 saturated carbocycles. The van der Waals surface area contributed by atoms with Gasteiger partial charge >= 0.3 is 5.97 Å². The highest BCUT2D eigenvalue weighted by molar-refractivity contribution is 8.02. The summed E-state index contributed by atoms with van der Waals surface area (Å²) in [5.74, 6) is -1.75. The second kappa shape index (κ2) is 7.76. The molecule has 3 unspecified atom stereocenters. The number of nitrogens with one attached hydrogen (secondary N) is 1. The number of carbonyl (C=O) groups is 3. The third-order valence-electron chi connectivity index (χ3n) is 6.56. The summed E-state index contributed by atoms with van der Waals surface area (Å²) in [6.07, 6.45) is 1.32. The number of thioether (sulfide) groups is 1. The Morgan fingerprint density at radius 1 is 1.38 bits per heavy atom. The Morgan fingerprint density at radius 3 is 2.55 bits per heavy atom. The third kappa shape index (κ3) is 3.36. The first-order chi connectivity index (χ1) is 13.5. The van der Waals surface area contributed by atoms with E-state index >= 15 is 0 Å². The molecule has 2 bridgehead atoms. The van der Waals surface area contributed by atoms with Crippen molar-refractivity contribution in [3.8, 4) is 0 Å². The monoisotopic (exact) mass is 426 g/mol. The van der Waals surface area contributed by atoms with Gasteiger partial charge in [-0.05, 0) is 46.5 Å². The van der Waals surface area contributed by atoms with Crippen LogP contribution in [0.3, 0.4) is 0 Å². The number of aliphatic hydroxyl groups excluding tert-OH is 1. The topological polar surface area (TPSA) is 95.9 Å². The lowest BCUT2D eigenvalue weighted by Gasteiger charge is -2.41. The number of rotatable bonds is 6. The van der Waals surface area contributed by atoms with Crippen LogP contribution in [0.4, 0.5) is 0 Å². The van der Waals surface area contributed by atoms with Crippen molar-refractivity contribution in [3.63, 3.8) is 0 Å². The number of hydrogen-bond acceptors (Lipinski definition) is 6. The van der Waals surface area contributed by atoms with Crippen LogP contribution in [0.5, 0.6) is 0 Å². The highest BCUT2D eigenvalue weighted by Gasteiger charge is 2.76. The Hall–Kier alpha value is -1.28. The molecule has 3 rings (SSSR count). The number of likely N-dealkylation sites (tertiary alicyclic amines) is 1. The summed E-state index contributed by atoms with van der Waals surface area (Å²) in [5.41, 5.74) is -0.452. The van der Waals surface area contributed by atoms with Crippen LogP contribution in [0.25, 0.3) is 0 Å². The standard InChI is InChI=1S/C21H34N2O5S/c1-7-12(10-24)23-16(17(25)22-20(4,5)6)21-11(3)9-13(29-21)14(15(21)18(23)26)19(27)28-8-2/h11-16,24H,7-10H2,1-6H3,(H,22,25)/t11?,12-,13-,14+,15-,16?,21?/m0/s1. The summed E-state index contributed by atoms with van der Waals surface area (Å²) in [7, 11) is 0. The summed E-state index contributed by atoms with van der Waals surface area (Å²) in [5, 5.41) is 13.0. The van der Waals surface area contributed by atoms with Crippen molar-refractivity contribution in [1.82, 2.24) is 10.2 Å². The van der Waals surface area contributed by atoms with E-state index in [1.165, 1.54) is 0 Å². The van der Waals surface area contributed by atoms with Gasteiger partial charge in [-0.15, -0.1) is 11.8 Å². The second-order valence-electron chi connectivity index (χ2n) is 9.53. The minimum atomic E-state index is -0.708. The predicted octanol–water partition coefficient (Wildman–Crippen LogP) is 1.57. The molecule has 8 heteroatoms. The van der Waals surface area contributed by atoms with Crippen LogP contribution in [0.2, 0.25) is 0 Å². The van der Waals surface area contributed by atoms with Crippen molar-refractivity contribution in [2.75, 3.05) is 13.2 Å². The van der Waals surface area contributed by atoms with E-state index in [0.29, 0.717) is 6.42 Å². The van der Waals surface area contributed by atoms with Crippen LogP contribution in [-0.2, 0) is 19.1 Å². The van der Waals surface area contributed by atoms with Gasteiger partial charge in [0.25, 0.3) is 0 Å². The van der Waals surface area contributed by atoms with E-state index in [2.05, 4.69) is 12.2 Å². The molecular formula is C21H34N2O5S. The number of esters is 1. The van der Waals surface area contributed by atoms with Crippen molar-refractivity contribution in [3.05, 3.63) is 0 Å². The number of nitrogens with zero attached hydrogens (tertiary/aromatic N) is 1. The fourth-order valence-corrected chi connectivity index (χ4v) is 7.91. The molecule has 1 spiro atoms. The third-order valence-corrected chi connectivity index (χ3v) is 8.64. The summed E-state index contributed by atoms with van der Waals surface area (Å²) >= 11 is 1.62. The molecule has 7 nitrogen and oxygen atoms in total. The maximum absolute atomic E-state index is 13.7. The molecule has 29 heavy (non-hydrogen) atoms. The minimum absolute atomic E-state index is 0.0145. The number of carbonyl (C=O) groups excluding carboxylic acids is 3. The van der Waals surface area contributed by atoms with E-state index in [-0.39, 0.29) is 42.2 Å². The van der Waals surface area contributed by atoms with E-state index in [1.54, 1.807) is 23.6 Å². The summed E-state index contributed by atoms with van der Waals surface area (Å²) in [4.78, 5) is 41.6. The molecule has 3 heterocycles. The highest BCUT2D eigenvalue weighted by Crippen LogP contribution is 2.68. The van der Waals surface area contributed by atoms with Crippen LogP contribution >= 0.6 is 11.8 Å². The Morgan fingerprint density at radius 2 is 2.03 bits per heavy atom. The molecule has 0 aromatic carbocycles. The van der Waals surface area contributed by atoms with Crippen LogP contribution in [0, 0.1) is 17.8 Å². The van der Waals surface area contributed by atoms with Gasteiger partial charge in [0, 0.05) is 10.8 Å². The molecule has 164 valence electrons. The fourth-order valence-electron chi connectivity index (χ4n) is 5.51. The maximum atomic E-state index is 13.7. The SMILES string of the molecule is CCOC(=O)[C@@H]1[C@@H]2CC(C)C3(S2)C(C(=O)NC(C)(C)C)N([C@@H](CC)CO)C(=O)[C@H]13. The van der Waals surface area contributed by atoms with Crippen LogP contribution in [0.1, 0.15) is 54.4 Å². The zero-order valence-corrected chi connectivity index (χ0v) is 19.0. The lowest BCUT2D eigenvalue weighted by Crippen LogP contribution is -2.60. The molecule has 0 aromatic rings. The van der Waals surface area contributed by atoms with E-state index in [9.17, 15) is 19.5 Å². The van der Waals surface area contributed by atoms with Crippen molar-refractivity contribution in [2.24, 2.45) is 17.8 Å². The van der Waals surface area contributed by atoms with Crippen LogP contribution in [-0.4, -0.2) is 68.6 Å². The number of aliphatic hydroxyl groups is 1. The van der Waals surface area contributed by atoms with Gasteiger partial charge in [0.1, 0.15) is 6.04 Å². The Kier molecular flexibility index (Phi) is 6.00. The first-order valence-electron chi connectivity index (χ1n) is 10.6. The van der Waals surface area contributed by atoms with Gasteiger partial charge in [0.2, 0.25) is 11.8 Å². The first kappa shape index (κ1) is 22.4. The zero-order valence-electron chi connectivity index (χ0n) is 18.2. The van der Waals surface area contributed by atoms with Gasteiger partial charge in [-0.2, -0.15) is 0 Å². The maximum Gasteiger partial charge on any atom is 0.310 e. The Bertz CT molecular complexity index is 689. The minimum Gasteiger partial charge on any atom is -0.466 e. The van der Waals surface area contributed by atoms with Crippen molar-refractivity contribution in [1.29, 1.82) is 0 Å². The first-order valence-corrected chi connectivity index (χ1v) is 11.5. The quantitative estimate of drug-likeness (QED) is 0.626. The van der Waals surface area contributed by atoms with E-state index in [1.807, 2.05) is 27.7 Å². The summed E-state index contributed by atoms with van der Waals surface area (Å²) < 4.78 is 4.65. The van der Waals surface area contributed by atoms with Crippen molar-refractivity contribution in [2.45, 2.75) is 82.0 Å². The second-order valence-corrected chi connectivity index (χ2v) is 11.1. The average Bonchev–Trinajstić information content (AvgIpc) is 3.19. The van der Waals surface area contributed by atoms with Gasteiger partial charge in [-0.25, -0.2) is 0 Å². The predicted molar refractivity (Wildman–Crippen MR) is 111 cm³/mol. The van der Waals surface area contributed by atoms with Gasteiger partial charge in [0.05, 0.1) is 35.8 Å². The molecule has 7 atom stereocenters. The molecule has 2 N–H and O–H groups in total. The summed E-state index contributed by atoms with van der Waals surface area (Å²) in [6.45, 7) is 11.5. The number of ether oxygens (including phenoxy) is 1. The van der Waals surface area contributed by atoms with E-state index in [4.69, 9.17) is 4.74 Å². The Balaban J connectivity index is 2.10.